The van der Waals surface area contributed by atoms with Crippen LogP contribution < -0.4 is 26.5 Å². The van der Waals surface area contributed by atoms with Crippen LogP contribution in [0.5, 0.6) is 17.2 Å². The number of ether oxygens (including phenoxy) is 2. The molecular weight excluding hydrogens is 464 g/mol. The van der Waals surface area contributed by atoms with Crippen LogP contribution in [-0.2, 0) is 0 Å². The number of aromatic amines is 1. The van der Waals surface area contributed by atoms with Gasteiger partial charge in [0.15, 0.2) is 5.78 Å². The molecule has 0 saturated heterocycles. The molecule has 0 bridgehead atoms. The minimum atomic E-state index is -0.655. The third-order valence-corrected chi connectivity index (χ3v) is 5.47. The maximum Gasteiger partial charge on any atom is 0.349 e. The van der Waals surface area contributed by atoms with Crippen molar-refractivity contribution in [1.29, 1.82) is 0 Å². The van der Waals surface area contributed by atoms with E-state index in [2.05, 4.69) is 10.1 Å². The van der Waals surface area contributed by atoms with Gasteiger partial charge in [-0.15, -0.1) is 0 Å². The lowest BCUT2D eigenvalue weighted by Gasteiger charge is -2.16. The fourth-order valence-electron chi connectivity index (χ4n) is 3.74. The quantitative estimate of drug-likeness (QED) is 0.382. The Hall–Kier alpha value is -4.99. The van der Waals surface area contributed by atoms with Crippen LogP contribution in [0.25, 0.3) is 5.69 Å². The summed E-state index contributed by atoms with van der Waals surface area (Å²) in [6, 6.07) is 14.3. The molecule has 1 amide bonds. The Morgan fingerprint density at radius 3 is 2.17 bits per heavy atom. The highest BCUT2D eigenvalue weighted by Crippen LogP contribution is 2.33. The zero-order valence-corrected chi connectivity index (χ0v) is 19.7. The standard InChI is InChI=1S/C26H22N4O6/c1-14-10-18(30-26(34)29-22(31)13-28-30)11-15(2)24(14)36-19-8-9-21(35-3)20(12-19)23(32)16-4-6-17(7-5-16)25(27)33/h4-13H,1-3H3,(H2,27,33)(H,29,31,34). The molecule has 0 aliphatic carbocycles. The maximum atomic E-state index is 13.2. The van der Waals surface area contributed by atoms with Gasteiger partial charge in [-0.1, -0.05) is 12.1 Å². The summed E-state index contributed by atoms with van der Waals surface area (Å²) in [5.41, 5.74) is 6.83. The largest absolute Gasteiger partial charge is 0.496 e. The van der Waals surface area contributed by atoms with E-state index in [1.54, 1.807) is 44.2 Å². The van der Waals surface area contributed by atoms with E-state index in [4.69, 9.17) is 15.2 Å². The van der Waals surface area contributed by atoms with Crippen molar-refractivity contribution in [1.82, 2.24) is 14.8 Å². The molecule has 182 valence electrons. The van der Waals surface area contributed by atoms with Crippen molar-refractivity contribution >= 4 is 11.7 Å². The van der Waals surface area contributed by atoms with Gasteiger partial charge in [0.05, 0.1) is 18.4 Å². The van der Waals surface area contributed by atoms with Gasteiger partial charge in [0.1, 0.15) is 23.4 Å². The maximum absolute atomic E-state index is 13.2. The SMILES string of the molecule is COc1ccc(Oc2c(C)cc(-n3ncc(=O)[nH]c3=O)cc2C)cc1C(=O)c1ccc(C(N)=O)cc1. The third kappa shape index (κ3) is 4.78. The molecule has 1 heterocycles. The van der Waals surface area contributed by atoms with E-state index in [1.807, 2.05) is 0 Å². The summed E-state index contributed by atoms with van der Waals surface area (Å²) in [6.45, 7) is 3.61. The first-order chi connectivity index (χ1) is 17.2. The van der Waals surface area contributed by atoms with Crippen LogP contribution >= 0.6 is 0 Å². The minimum absolute atomic E-state index is 0.276. The van der Waals surface area contributed by atoms with Crippen LogP contribution in [0, 0.1) is 13.8 Å². The van der Waals surface area contributed by atoms with Crippen LogP contribution in [0.2, 0.25) is 0 Å². The second-order valence-electron chi connectivity index (χ2n) is 7.99. The number of nitrogens with two attached hydrogens (primary N) is 1. The smallest absolute Gasteiger partial charge is 0.349 e. The summed E-state index contributed by atoms with van der Waals surface area (Å²) in [4.78, 5) is 50.1. The molecule has 0 spiro atoms. The Morgan fingerprint density at radius 1 is 0.944 bits per heavy atom. The van der Waals surface area contributed by atoms with Crippen molar-refractivity contribution in [2.75, 3.05) is 7.11 Å². The van der Waals surface area contributed by atoms with Gasteiger partial charge in [-0.05, 0) is 67.4 Å². The lowest BCUT2D eigenvalue weighted by Crippen LogP contribution is -2.30. The second kappa shape index (κ2) is 9.71. The molecule has 0 unspecified atom stereocenters. The molecule has 0 fully saturated rings. The average Bonchev–Trinajstić information content (AvgIpc) is 2.85. The first-order valence-electron chi connectivity index (χ1n) is 10.8. The first kappa shape index (κ1) is 24.1. The van der Waals surface area contributed by atoms with E-state index in [1.165, 1.54) is 31.4 Å². The molecule has 4 aromatic rings. The highest BCUT2D eigenvalue weighted by molar-refractivity contribution is 6.11. The number of rotatable bonds is 7. The molecule has 0 saturated carbocycles. The van der Waals surface area contributed by atoms with Gasteiger partial charge in [0.25, 0.3) is 5.56 Å². The van der Waals surface area contributed by atoms with Gasteiger partial charge >= 0.3 is 5.69 Å². The topological polar surface area (TPSA) is 146 Å². The molecule has 3 aromatic carbocycles. The fourth-order valence-corrected chi connectivity index (χ4v) is 3.74. The summed E-state index contributed by atoms with van der Waals surface area (Å²) in [7, 11) is 1.46. The first-order valence-corrected chi connectivity index (χ1v) is 10.8. The molecular formula is C26H22N4O6. The molecule has 0 atom stereocenters. The van der Waals surface area contributed by atoms with E-state index >= 15 is 0 Å². The number of nitrogens with zero attached hydrogens (tertiary/aromatic N) is 2. The molecule has 0 aliphatic rings. The number of carbonyl (C=O) groups excluding carboxylic acids is 2. The number of ketones is 1. The minimum Gasteiger partial charge on any atom is -0.496 e. The molecule has 36 heavy (non-hydrogen) atoms. The number of hydrogen-bond donors (Lipinski definition) is 2. The zero-order valence-electron chi connectivity index (χ0n) is 19.7. The number of nitrogens with one attached hydrogen (secondary N) is 1. The second-order valence-corrected chi connectivity index (χ2v) is 7.99. The van der Waals surface area contributed by atoms with Crippen molar-refractivity contribution in [3.8, 4) is 22.9 Å². The van der Waals surface area contributed by atoms with Crippen molar-refractivity contribution in [2.24, 2.45) is 5.73 Å². The van der Waals surface area contributed by atoms with Gasteiger partial charge < -0.3 is 15.2 Å². The summed E-state index contributed by atoms with van der Waals surface area (Å²) in [5, 5.41) is 3.88. The van der Waals surface area contributed by atoms with Crippen LogP contribution in [-0.4, -0.2) is 33.6 Å². The third-order valence-electron chi connectivity index (χ3n) is 5.47. The highest BCUT2D eigenvalue weighted by Gasteiger charge is 2.18. The lowest BCUT2D eigenvalue weighted by atomic mass is 10.0. The molecule has 10 heteroatoms. The predicted octanol–water partition coefficient (Wildman–Crippen LogP) is 2.67. The zero-order chi connectivity index (χ0) is 26.0. The summed E-state index contributed by atoms with van der Waals surface area (Å²) < 4.78 is 12.6. The number of H-pyrrole nitrogens is 1. The van der Waals surface area contributed by atoms with Crippen LogP contribution in [0.3, 0.4) is 0 Å². The highest BCUT2D eigenvalue weighted by atomic mass is 16.5. The Labute approximate surface area is 204 Å². The monoisotopic (exact) mass is 486 g/mol. The summed E-state index contributed by atoms with van der Waals surface area (Å²) in [6.07, 6.45) is 1.02. The number of aromatic nitrogens is 3. The van der Waals surface area contributed by atoms with Crippen LogP contribution in [0.4, 0.5) is 0 Å². The van der Waals surface area contributed by atoms with Crippen molar-refractivity contribution in [3.05, 3.63) is 109 Å². The number of primary amides is 1. The molecule has 3 N–H and O–H groups in total. The molecule has 4 rings (SSSR count). The summed E-state index contributed by atoms with van der Waals surface area (Å²) >= 11 is 0. The predicted molar refractivity (Wildman–Crippen MR) is 131 cm³/mol. The summed E-state index contributed by atoms with van der Waals surface area (Å²) in [5.74, 6) is 0.385. The Kier molecular flexibility index (Phi) is 6.51. The van der Waals surface area contributed by atoms with E-state index in [9.17, 15) is 19.2 Å². The van der Waals surface area contributed by atoms with Gasteiger partial charge in [-0.3, -0.25) is 19.4 Å². The number of amides is 1. The average molecular weight is 486 g/mol. The van der Waals surface area contributed by atoms with E-state index in [0.29, 0.717) is 45.2 Å². The van der Waals surface area contributed by atoms with Crippen molar-refractivity contribution in [2.45, 2.75) is 13.8 Å². The van der Waals surface area contributed by atoms with Crippen molar-refractivity contribution in [3.63, 3.8) is 0 Å². The van der Waals surface area contributed by atoms with Gasteiger partial charge in [-0.25, -0.2) is 4.79 Å². The molecule has 0 radical (unpaired) electrons. The number of methoxy groups -OCH3 is 1. The lowest BCUT2D eigenvalue weighted by molar-refractivity contribution is 0.0996. The molecule has 0 aliphatic heterocycles. The number of benzene rings is 3. The van der Waals surface area contributed by atoms with Gasteiger partial charge in [0.2, 0.25) is 5.91 Å². The Morgan fingerprint density at radius 2 is 1.58 bits per heavy atom. The van der Waals surface area contributed by atoms with Gasteiger partial charge in [-0.2, -0.15) is 9.78 Å². The number of carbonyl (C=O) groups is 2. The van der Waals surface area contributed by atoms with E-state index in [0.717, 1.165) is 10.9 Å². The van der Waals surface area contributed by atoms with Crippen LogP contribution in [0.15, 0.2) is 70.4 Å². The molecule has 1 aromatic heterocycles. The number of aryl methyl sites for hydroxylation is 2. The molecule has 10 nitrogen and oxygen atoms in total. The van der Waals surface area contributed by atoms with E-state index in [-0.39, 0.29) is 11.3 Å². The Balaban J connectivity index is 1.67. The normalized spacial score (nSPS) is 10.6. The van der Waals surface area contributed by atoms with Crippen LogP contribution in [0.1, 0.15) is 37.4 Å². The van der Waals surface area contributed by atoms with Gasteiger partial charge in [0, 0.05) is 11.1 Å². The fraction of sp³-hybridized carbons (Fsp3) is 0.115. The van der Waals surface area contributed by atoms with Crippen molar-refractivity contribution < 1.29 is 19.1 Å². The number of hydrogen-bond acceptors (Lipinski definition) is 7. The van der Waals surface area contributed by atoms with E-state index < -0.39 is 17.2 Å². The Bertz CT molecular complexity index is 1580.